The van der Waals surface area contributed by atoms with Gasteiger partial charge in [-0.1, -0.05) is 99.4 Å². The van der Waals surface area contributed by atoms with Crippen LogP contribution in [0.5, 0.6) is 0 Å². The predicted octanol–water partition coefficient (Wildman–Crippen LogP) is 11.0. The average Bonchev–Trinajstić information content (AvgIpc) is 2.98. The quantitative estimate of drug-likeness (QED) is 0.334. The minimum absolute atomic E-state index is 0.127. The molecular weight excluding hydrogens is 508 g/mol. The second-order valence-electron chi connectivity index (χ2n) is 9.29. The van der Waals surface area contributed by atoms with Gasteiger partial charge in [-0.25, -0.2) is 0 Å². The van der Waals surface area contributed by atoms with Crippen LogP contribution in [-0.4, -0.2) is 0 Å². The van der Waals surface area contributed by atoms with Crippen LogP contribution in [0.15, 0.2) is 33.2 Å². The minimum atomic E-state index is 0.127. The van der Waals surface area contributed by atoms with Crippen molar-refractivity contribution in [2.24, 2.45) is 11.8 Å². The molecule has 0 radical (unpaired) electrons. The van der Waals surface area contributed by atoms with Gasteiger partial charge in [0.25, 0.3) is 0 Å². The van der Waals surface area contributed by atoms with Crippen molar-refractivity contribution in [1.82, 2.24) is 0 Å². The number of benzene rings is 2. The molecule has 2 aromatic carbocycles. The van der Waals surface area contributed by atoms with Crippen molar-refractivity contribution >= 4 is 31.9 Å². The fraction of sp³-hybridized carbons (Fsp3) is 0.586. The van der Waals surface area contributed by atoms with Gasteiger partial charge in [-0.2, -0.15) is 0 Å². The summed E-state index contributed by atoms with van der Waals surface area (Å²) >= 11 is 7.82. The van der Waals surface area contributed by atoms with Gasteiger partial charge in [0.2, 0.25) is 0 Å². The molecule has 2 aromatic rings. The Kier molecular flexibility index (Phi) is 11.5. The van der Waals surface area contributed by atoms with Crippen molar-refractivity contribution in [2.75, 3.05) is 0 Å². The highest BCUT2D eigenvalue weighted by atomic mass is 79.9. The van der Waals surface area contributed by atoms with Gasteiger partial charge in [-0.05, 0) is 85.8 Å². The zero-order chi connectivity index (χ0) is 23.9. The normalized spacial score (nSPS) is 13.2. The van der Waals surface area contributed by atoms with Crippen LogP contribution in [0.1, 0.15) is 103 Å². The third-order valence-corrected chi connectivity index (χ3v) is 7.30. The zero-order valence-corrected chi connectivity index (χ0v) is 24.7. The lowest BCUT2D eigenvalue weighted by atomic mass is 9.69. The van der Waals surface area contributed by atoms with E-state index in [0.29, 0.717) is 0 Å². The van der Waals surface area contributed by atoms with Crippen molar-refractivity contribution in [3.8, 4) is 11.1 Å². The van der Waals surface area contributed by atoms with E-state index < -0.39 is 0 Å². The summed E-state index contributed by atoms with van der Waals surface area (Å²) in [5, 5.41) is 0. The second kappa shape index (κ2) is 12.6. The van der Waals surface area contributed by atoms with Gasteiger partial charge in [0.15, 0.2) is 0 Å². The van der Waals surface area contributed by atoms with E-state index in [1.165, 1.54) is 68.0 Å². The van der Waals surface area contributed by atoms with Crippen molar-refractivity contribution in [3.63, 3.8) is 0 Å². The first-order chi connectivity index (χ1) is 14.7. The highest BCUT2D eigenvalue weighted by molar-refractivity contribution is 9.11. The van der Waals surface area contributed by atoms with Crippen LogP contribution < -0.4 is 0 Å². The molecule has 0 heterocycles. The largest absolute Gasteiger partial charge is 0.0683 e. The first-order valence-corrected chi connectivity index (χ1v) is 13.9. The molecule has 0 aromatic heterocycles. The van der Waals surface area contributed by atoms with Crippen LogP contribution in [-0.2, 0) is 5.41 Å². The number of fused-ring (bicyclic) bond motifs is 3. The molecule has 1 aliphatic carbocycles. The maximum absolute atomic E-state index is 3.91. The Morgan fingerprint density at radius 1 is 0.645 bits per heavy atom. The SMILES string of the molecule is CC.CC.Cc1cc(Br)c2c(c1)C(CCC(C)C)(CCC(C)C)c1cc(C)cc(Br)c1-2. The molecule has 0 saturated carbocycles. The minimum Gasteiger partial charge on any atom is -0.0683 e. The van der Waals surface area contributed by atoms with Gasteiger partial charge in [-0.3, -0.25) is 0 Å². The highest BCUT2D eigenvalue weighted by Gasteiger charge is 2.44. The molecule has 0 bridgehead atoms. The number of hydrogen-bond acceptors (Lipinski definition) is 0. The lowest BCUT2D eigenvalue weighted by Crippen LogP contribution is -2.27. The average molecular weight is 552 g/mol. The molecule has 174 valence electrons. The van der Waals surface area contributed by atoms with Gasteiger partial charge in [0.1, 0.15) is 0 Å². The molecule has 0 atom stereocenters. The Balaban J connectivity index is 0.00000113. The molecule has 0 fully saturated rings. The summed E-state index contributed by atoms with van der Waals surface area (Å²) < 4.78 is 2.47. The third-order valence-electron chi connectivity index (χ3n) is 6.05. The molecule has 1 aliphatic rings. The fourth-order valence-electron chi connectivity index (χ4n) is 4.63. The van der Waals surface area contributed by atoms with Crippen LogP contribution in [0.3, 0.4) is 0 Å². The summed E-state index contributed by atoms with van der Waals surface area (Å²) in [7, 11) is 0. The Hall–Kier alpha value is -0.600. The standard InChI is InChI=1S/C25H32Br2.2C2H6/c1-15(2)7-9-25(10-8-16(3)4)19-11-17(5)13-21(26)23(19)24-20(25)12-18(6)14-22(24)27;2*1-2/h11-16H,7-10H2,1-6H3;2*1-2H3. The highest BCUT2D eigenvalue weighted by Crippen LogP contribution is 2.58. The molecule has 0 N–H and O–H groups in total. The van der Waals surface area contributed by atoms with Crippen LogP contribution in [0.4, 0.5) is 0 Å². The van der Waals surface area contributed by atoms with Crippen LogP contribution in [0, 0.1) is 25.7 Å². The molecule has 0 aliphatic heterocycles. The number of aryl methyl sites for hydroxylation is 2. The lowest BCUT2D eigenvalue weighted by molar-refractivity contribution is 0.364. The molecule has 0 amide bonds. The number of hydrogen-bond donors (Lipinski definition) is 0. The van der Waals surface area contributed by atoms with E-state index in [9.17, 15) is 0 Å². The van der Waals surface area contributed by atoms with E-state index in [1.807, 2.05) is 27.7 Å². The molecule has 0 nitrogen and oxygen atoms in total. The molecule has 31 heavy (non-hydrogen) atoms. The Bertz CT molecular complexity index is 775. The van der Waals surface area contributed by atoms with Gasteiger partial charge >= 0.3 is 0 Å². The monoisotopic (exact) mass is 550 g/mol. The molecule has 2 heteroatoms. The molecule has 0 saturated heterocycles. The van der Waals surface area contributed by atoms with Gasteiger partial charge in [0.05, 0.1) is 0 Å². The van der Waals surface area contributed by atoms with E-state index >= 15 is 0 Å². The summed E-state index contributed by atoms with van der Waals surface area (Å²) in [6.45, 7) is 21.9. The molecular formula is C29H44Br2. The Labute approximate surface area is 209 Å². The third kappa shape index (κ3) is 6.26. The summed E-state index contributed by atoms with van der Waals surface area (Å²) in [5.41, 5.74) is 8.72. The summed E-state index contributed by atoms with van der Waals surface area (Å²) in [6.07, 6.45) is 4.97. The van der Waals surface area contributed by atoms with Crippen LogP contribution >= 0.6 is 31.9 Å². The smallest absolute Gasteiger partial charge is 0.0259 e. The predicted molar refractivity (Wildman–Crippen MR) is 148 cm³/mol. The fourth-order valence-corrected chi connectivity index (χ4v) is 6.17. The van der Waals surface area contributed by atoms with Gasteiger partial charge in [-0.15, -0.1) is 0 Å². The summed E-state index contributed by atoms with van der Waals surface area (Å²) in [5.74, 6) is 1.44. The first-order valence-electron chi connectivity index (χ1n) is 12.3. The van der Waals surface area contributed by atoms with Crippen LogP contribution in [0.25, 0.3) is 11.1 Å². The van der Waals surface area contributed by atoms with Crippen LogP contribution in [0.2, 0.25) is 0 Å². The Morgan fingerprint density at radius 3 is 1.26 bits per heavy atom. The molecule has 0 spiro atoms. The second-order valence-corrected chi connectivity index (χ2v) is 11.0. The Morgan fingerprint density at radius 2 is 0.968 bits per heavy atom. The molecule has 3 rings (SSSR count). The van der Waals surface area contributed by atoms with Crippen molar-refractivity contribution in [1.29, 1.82) is 0 Å². The van der Waals surface area contributed by atoms with E-state index in [1.54, 1.807) is 0 Å². The lowest BCUT2D eigenvalue weighted by Gasteiger charge is -2.34. The van der Waals surface area contributed by atoms with E-state index in [-0.39, 0.29) is 5.41 Å². The van der Waals surface area contributed by atoms with Crippen molar-refractivity contribution in [3.05, 3.63) is 55.5 Å². The summed E-state index contributed by atoms with van der Waals surface area (Å²) in [6, 6.07) is 9.47. The molecule has 0 unspecified atom stereocenters. The first kappa shape index (κ1) is 28.4. The summed E-state index contributed by atoms with van der Waals surface area (Å²) in [4.78, 5) is 0. The van der Waals surface area contributed by atoms with E-state index in [0.717, 1.165) is 11.8 Å². The van der Waals surface area contributed by atoms with Crippen molar-refractivity contribution < 1.29 is 0 Å². The maximum Gasteiger partial charge on any atom is 0.0259 e. The van der Waals surface area contributed by atoms with Gasteiger partial charge < -0.3 is 0 Å². The topological polar surface area (TPSA) is 0 Å². The van der Waals surface area contributed by atoms with E-state index in [4.69, 9.17) is 0 Å². The van der Waals surface area contributed by atoms with E-state index in [2.05, 4.69) is 97.7 Å². The maximum atomic E-state index is 3.91. The number of halogens is 2. The van der Waals surface area contributed by atoms with Gasteiger partial charge in [0, 0.05) is 25.5 Å². The number of rotatable bonds is 6. The zero-order valence-electron chi connectivity index (χ0n) is 21.5. The van der Waals surface area contributed by atoms with Crippen molar-refractivity contribution in [2.45, 2.75) is 100 Å².